The van der Waals surface area contributed by atoms with Crippen LogP contribution in [0.2, 0.25) is 0 Å². The lowest BCUT2D eigenvalue weighted by molar-refractivity contribution is -0.167. The number of esters is 2. The average Bonchev–Trinajstić information content (AvgIpc) is 2.77. The summed E-state index contributed by atoms with van der Waals surface area (Å²) >= 11 is 1.42. The number of carbonyl (C=O) groups excluding carboxylic acids is 2. The molecule has 4 atom stereocenters. The zero-order valence-electron chi connectivity index (χ0n) is 18.5. The number of thioether (sulfide) groups is 1. The molecule has 4 nitrogen and oxygen atoms in total. The van der Waals surface area contributed by atoms with Crippen molar-refractivity contribution in [2.75, 3.05) is 6.61 Å². The van der Waals surface area contributed by atoms with Crippen LogP contribution in [0.3, 0.4) is 0 Å². The molecule has 1 saturated carbocycles. The van der Waals surface area contributed by atoms with Crippen LogP contribution in [0.1, 0.15) is 50.8 Å². The van der Waals surface area contributed by atoms with Crippen LogP contribution in [-0.2, 0) is 19.1 Å². The van der Waals surface area contributed by atoms with Gasteiger partial charge in [0.05, 0.1) is 0 Å². The van der Waals surface area contributed by atoms with E-state index in [2.05, 4.69) is 20.8 Å². The molecule has 1 fully saturated rings. The third-order valence-electron chi connectivity index (χ3n) is 5.89. The van der Waals surface area contributed by atoms with Crippen molar-refractivity contribution in [1.29, 1.82) is 0 Å². The minimum atomic E-state index is -0.547. The average molecular weight is 441 g/mol. The molecular formula is C26H32O4S. The van der Waals surface area contributed by atoms with Crippen molar-refractivity contribution in [1.82, 2.24) is 0 Å². The molecule has 166 valence electrons. The van der Waals surface area contributed by atoms with E-state index in [0.717, 1.165) is 23.3 Å². The van der Waals surface area contributed by atoms with E-state index in [0.29, 0.717) is 17.8 Å². The lowest BCUT2D eigenvalue weighted by atomic mass is 9.75. The standard InChI is InChI=1S/C26H32O4S/c1-18(2)22-15-14-19(3)16-23(22)30-24(27)17-29-26(28)25(20-10-6-4-7-11-20)31-21-12-8-5-9-13-21/h4-13,18-19,22-23,25H,14-17H2,1-3H3/t19-,22-,23+,25+/m1/s1. The van der Waals surface area contributed by atoms with E-state index in [-0.39, 0.29) is 12.7 Å². The molecule has 0 bridgehead atoms. The number of hydrogen-bond donors (Lipinski definition) is 0. The molecular weight excluding hydrogens is 408 g/mol. The number of carbonyl (C=O) groups is 2. The predicted molar refractivity (Wildman–Crippen MR) is 124 cm³/mol. The highest BCUT2D eigenvalue weighted by atomic mass is 32.2. The van der Waals surface area contributed by atoms with Gasteiger partial charge in [0.1, 0.15) is 11.4 Å². The maximum Gasteiger partial charge on any atom is 0.344 e. The monoisotopic (exact) mass is 440 g/mol. The van der Waals surface area contributed by atoms with Gasteiger partial charge in [-0.3, -0.25) is 4.79 Å². The first-order valence-corrected chi connectivity index (χ1v) is 11.9. The van der Waals surface area contributed by atoms with Gasteiger partial charge >= 0.3 is 11.9 Å². The van der Waals surface area contributed by atoms with Gasteiger partial charge in [-0.15, -0.1) is 11.8 Å². The van der Waals surface area contributed by atoms with Crippen molar-refractivity contribution in [2.45, 2.75) is 56.3 Å². The Hall–Kier alpha value is -2.27. The molecule has 0 radical (unpaired) electrons. The van der Waals surface area contributed by atoms with E-state index < -0.39 is 17.2 Å². The van der Waals surface area contributed by atoms with E-state index in [1.165, 1.54) is 18.2 Å². The number of hydrogen-bond acceptors (Lipinski definition) is 5. The van der Waals surface area contributed by atoms with Gasteiger partial charge in [0.15, 0.2) is 6.61 Å². The van der Waals surface area contributed by atoms with E-state index in [9.17, 15) is 9.59 Å². The normalized spacial score (nSPS) is 22.0. The Morgan fingerprint density at radius 3 is 2.29 bits per heavy atom. The third kappa shape index (κ3) is 6.86. The minimum absolute atomic E-state index is 0.0985. The lowest BCUT2D eigenvalue weighted by Gasteiger charge is -2.36. The molecule has 0 aromatic heterocycles. The van der Waals surface area contributed by atoms with E-state index >= 15 is 0 Å². The Balaban J connectivity index is 1.61. The second-order valence-electron chi connectivity index (χ2n) is 8.68. The van der Waals surface area contributed by atoms with Gasteiger partial charge in [0, 0.05) is 4.90 Å². The van der Waals surface area contributed by atoms with Crippen molar-refractivity contribution in [3.8, 4) is 0 Å². The Morgan fingerprint density at radius 1 is 1.00 bits per heavy atom. The van der Waals surface area contributed by atoms with Crippen LogP contribution in [0.4, 0.5) is 0 Å². The molecule has 0 aliphatic heterocycles. The van der Waals surface area contributed by atoms with Crippen molar-refractivity contribution in [3.63, 3.8) is 0 Å². The second-order valence-corrected chi connectivity index (χ2v) is 9.86. The third-order valence-corrected chi connectivity index (χ3v) is 7.13. The molecule has 1 aliphatic carbocycles. The zero-order valence-corrected chi connectivity index (χ0v) is 19.3. The van der Waals surface area contributed by atoms with Gasteiger partial charge in [-0.25, -0.2) is 4.79 Å². The van der Waals surface area contributed by atoms with E-state index in [1.807, 2.05) is 60.7 Å². The highest BCUT2D eigenvalue weighted by Crippen LogP contribution is 2.37. The number of rotatable bonds is 8. The largest absolute Gasteiger partial charge is 0.460 e. The highest BCUT2D eigenvalue weighted by Gasteiger charge is 2.34. The van der Waals surface area contributed by atoms with Gasteiger partial charge < -0.3 is 9.47 Å². The van der Waals surface area contributed by atoms with Crippen LogP contribution in [0.5, 0.6) is 0 Å². The maximum absolute atomic E-state index is 12.9. The van der Waals surface area contributed by atoms with Gasteiger partial charge in [-0.05, 0) is 48.3 Å². The van der Waals surface area contributed by atoms with Gasteiger partial charge in [-0.2, -0.15) is 0 Å². The molecule has 1 aliphatic rings. The summed E-state index contributed by atoms with van der Waals surface area (Å²) < 4.78 is 11.2. The Bertz CT molecular complexity index is 837. The highest BCUT2D eigenvalue weighted by molar-refractivity contribution is 8.00. The molecule has 0 spiro atoms. The Kier molecular flexibility index (Phi) is 8.59. The van der Waals surface area contributed by atoms with Gasteiger partial charge in [0.2, 0.25) is 0 Å². The fourth-order valence-electron chi connectivity index (χ4n) is 4.17. The molecule has 0 N–H and O–H groups in total. The molecule has 3 rings (SSSR count). The number of benzene rings is 2. The lowest BCUT2D eigenvalue weighted by Crippen LogP contribution is -2.37. The van der Waals surface area contributed by atoms with Gasteiger partial charge in [-0.1, -0.05) is 75.7 Å². The topological polar surface area (TPSA) is 52.6 Å². The summed E-state index contributed by atoms with van der Waals surface area (Å²) in [5.41, 5.74) is 0.843. The summed E-state index contributed by atoms with van der Waals surface area (Å²) in [7, 11) is 0. The van der Waals surface area contributed by atoms with Crippen LogP contribution >= 0.6 is 11.8 Å². The quantitative estimate of drug-likeness (QED) is 0.368. The summed E-state index contributed by atoms with van der Waals surface area (Å²) in [5, 5.41) is -0.547. The first-order valence-electron chi connectivity index (χ1n) is 11.1. The van der Waals surface area contributed by atoms with Crippen molar-refractivity contribution in [2.24, 2.45) is 17.8 Å². The minimum Gasteiger partial charge on any atom is -0.460 e. The first-order chi connectivity index (χ1) is 14.9. The fourth-order valence-corrected chi connectivity index (χ4v) is 5.22. The predicted octanol–water partition coefficient (Wildman–Crippen LogP) is 6.07. The zero-order chi connectivity index (χ0) is 22.2. The number of ether oxygens (including phenoxy) is 2. The maximum atomic E-state index is 12.9. The molecule has 2 aromatic carbocycles. The second kappa shape index (κ2) is 11.4. The van der Waals surface area contributed by atoms with Crippen LogP contribution in [0, 0.1) is 17.8 Å². The van der Waals surface area contributed by atoms with Gasteiger partial charge in [0.25, 0.3) is 0 Å². The van der Waals surface area contributed by atoms with E-state index in [1.54, 1.807) is 0 Å². The van der Waals surface area contributed by atoms with Crippen molar-refractivity contribution >= 4 is 23.7 Å². The van der Waals surface area contributed by atoms with Crippen LogP contribution in [0.15, 0.2) is 65.6 Å². The molecule has 2 aromatic rings. The Morgan fingerprint density at radius 2 is 1.65 bits per heavy atom. The molecule has 0 amide bonds. The molecule has 0 heterocycles. The molecule has 31 heavy (non-hydrogen) atoms. The molecule has 0 unspecified atom stereocenters. The summed E-state index contributed by atoms with van der Waals surface area (Å²) in [6, 6.07) is 19.2. The first kappa shape index (κ1) is 23.4. The van der Waals surface area contributed by atoms with Crippen LogP contribution in [0.25, 0.3) is 0 Å². The summed E-state index contributed by atoms with van der Waals surface area (Å²) in [6.45, 7) is 6.19. The molecule has 5 heteroatoms. The fraction of sp³-hybridized carbons (Fsp3) is 0.462. The van der Waals surface area contributed by atoms with Crippen LogP contribution < -0.4 is 0 Å². The van der Waals surface area contributed by atoms with Crippen molar-refractivity contribution < 1.29 is 19.1 Å². The summed E-state index contributed by atoms with van der Waals surface area (Å²) in [6.07, 6.45) is 3.01. The summed E-state index contributed by atoms with van der Waals surface area (Å²) in [4.78, 5) is 26.4. The summed E-state index contributed by atoms with van der Waals surface area (Å²) in [5.74, 6) is 0.461. The van der Waals surface area contributed by atoms with Crippen molar-refractivity contribution in [3.05, 3.63) is 66.2 Å². The SMILES string of the molecule is CC(C)[C@H]1CC[C@@H](C)C[C@@H]1OC(=O)COC(=O)[C@@H](Sc1ccccc1)c1ccccc1. The van der Waals surface area contributed by atoms with Crippen LogP contribution in [-0.4, -0.2) is 24.6 Å². The smallest absolute Gasteiger partial charge is 0.344 e. The Labute approximate surface area is 189 Å². The molecule has 0 saturated heterocycles. The van der Waals surface area contributed by atoms with E-state index in [4.69, 9.17) is 9.47 Å².